The quantitative estimate of drug-likeness (QED) is 0.704. The molecule has 2 N–H and O–H groups in total. The molecule has 0 aliphatic rings. The van der Waals surface area contributed by atoms with Gasteiger partial charge in [0.05, 0.1) is 0 Å². The molecule has 4 heteroatoms. The van der Waals surface area contributed by atoms with Gasteiger partial charge in [-0.1, -0.05) is 23.7 Å². The summed E-state index contributed by atoms with van der Waals surface area (Å²) in [6.45, 7) is 1.76. The first-order valence-corrected chi connectivity index (χ1v) is 7.07. The maximum Gasteiger partial charge on any atom is 0.0472 e. The van der Waals surface area contributed by atoms with E-state index in [1.807, 2.05) is 36.7 Å². The molecule has 0 unspecified atom stereocenters. The van der Waals surface area contributed by atoms with Gasteiger partial charge in [-0.15, -0.1) is 0 Å². The summed E-state index contributed by atoms with van der Waals surface area (Å²) in [5, 5.41) is 5.43. The Morgan fingerprint density at radius 3 is 3.00 bits per heavy atom. The first kappa shape index (κ1) is 13.2. The number of aromatic amines is 1. The highest BCUT2D eigenvalue weighted by atomic mass is 35.5. The van der Waals surface area contributed by atoms with E-state index in [-0.39, 0.29) is 0 Å². The minimum Gasteiger partial charge on any atom is -0.361 e. The Labute approximate surface area is 123 Å². The summed E-state index contributed by atoms with van der Waals surface area (Å²) < 4.78 is 0. The number of halogens is 1. The van der Waals surface area contributed by atoms with Gasteiger partial charge in [0.2, 0.25) is 0 Å². The number of hydrogen-bond acceptors (Lipinski definition) is 2. The molecule has 2 aromatic heterocycles. The van der Waals surface area contributed by atoms with Crippen LogP contribution in [0.5, 0.6) is 0 Å². The van der Waals surface area contributed by atoms with E-state index in [4.69, 9.17) is 11.6 Å². The van der Waals surface area contributed by atoms with Crippen molar-refractivity contribution in [2.24, 2.45) is 0 Å². The van der Waals surface area contributed by atoms with E-state index in [0.29, 0.717) is 0 Å². The number of hydrogen-bond donors (Lipinski definition) is 2. The van der Waals surface area contributed by atoms with Crippen molar-refractivity contribution in [3.63, 3.8) is 0 Å². The predicted molar refractivity (Wildman–Crippen MR) is 83.0 cm³/mol. The van der Waals surface area contributed by atoms with Crippen LogP contribution >= 0.6 is 11.6 Å². The van der Waals surface area contributed by atoms with Crippen molar-refractivity contribution in [1.82, 2.24) is 15.3 Å². The van der Waals surface area contributed by atoms with E-state index in [1.165, 1.54) is 10.9 Å². The highest BCUT2D eigenvalue weighted by Gasteiger charge is 2.03. The topological polar surface area (TPSA) is 40.7 Å². The smallest absolute Gasteiger partial charge is 0.0472 e. The van der Waals surface area contributed by atoms with E-state index in [1.54, 1.807) is 0 Å². The molecule has 0 saturated carbocycles. The van der Waals surface area contributed by atoms with E-state index in [9.17, 15) is 0 Å². The van der Waals surface area contributed by atoms with Gasteiger partial charge in [0.1, 0.15) is 0 Å². The summed E-state index contributed by atoms with van der Waals surface area (Å²) >= 11 is 5.98. The van der Waals surface area contributed by atoms with Gasteiger partial charge < -0.3 is 10.3 Å². The van der Waals surface area contributed by atoms with Gasteiger partial charge in [-0.2, -0.15) is 0 Å². The summed E-state index contributed by atoms with van der Waals surface area (Å²) in [5.74, 6) is 0. The van der Waals surface area contributed by atoms with Gasteiger partial charge in [-0.3, -0.25) is 4.98 Å². The fourth-order valence-electron chi connectivity index (χ4n) is 2.29. The average Bonchev–Trinajstić information content (AvgIpc) is 2.87. The monoisotopic (exact) mass is 285 g/mol. The largest absolute Gasteiger partial charge is 0.361 e. The molecule has 0 spiro atoms. The van der Waals surface area contributed by atoms with Crippen LogP contribution < -0.4 is 5.32 Å². The number of nitrogens with one attached hydrogen (secondary N) is 2. The lowest BCUT2D eigenvalue weighted by molar-refractivity contribution is 0.682. The second-order valence-electron chi connectivity index (χ2n) is 4.75. The molecule has 102 valence electrons. The highest BCUT2D eigenvalue weighted by molar-refractivity contribution is 6.31. The summed E-state index contributed by atoms with van der Waals surface area (Å²) in [5.41, 5.74) is 3.46. The van der Waals surface area contributed by atoms with Gasteiger partial charge in [-0.25, -0.2) is 0 Å². The molecule has 0 bridgehead atoms. The summed E-state index contributed by atoms with van der Waals surface area (Å²) in [6, 6.07) is 11.9. The molecule has 0 atom stereocenters. The average molecular weight is 286 g/mol. The number of H-pyrrole nitrogens is 1. The Morgan fingerprint density at radius 1 is 1.20 bits per heavy atom. The Bertz CT molecular complexity index is 691. The van der Waals surface area contributed by atoms with Crippen molar-refractivity contribution in [2.45, 2.75) is 13.0 Å². The second-order valence-corrected chi connectivity index (χ2v) is 5.19. The van der Waals surface area contributed by atoms with Crippen LogP contribution in [0, 0.1) is 0 Å². The van der Waals surface area contributed by atoms with Crippen LogP contribution in [0.25, 0.3) is 10.9 Å². The molecule has 3 nitrogen and oxygen atoms in total. The lowest BCUT2D eigenvalue weighted by atomic mass is 10.2. The van der Waals surface area contributed by atoms with Crippen molar-refractivity contribution in [1.29, 1.82) is 0 Å². The summed E-state index contributed by atoms with van der Waals surface area (Å²) in [4.78, 5) is 7.56. The predicted octanol–water partition coefficient (Wildman–Crippen LogP) is 3.55. The number of fused-ring (bicyclic) bond motifs is 1. The first-order valence-electron chi connectivity index (χ1n) is 6.69. The maximum absolute atomic E-state index is 5.98. The highest BCUT2D eigenvalue weighted by Crippen LogP contribution is 2.21. The van der Waals surface area contributed by atoms with E-state index < -0.39 is 0 Å². The molecule has 0 radical (unpaired) electrons. The molecular weight excluding hydrogens is 270 g/mol. The van der Waals surface area contributed by atoms with Gasteiger partial charge in [-0.05, 0) is 29.8 Å². The molecule has 0 amide bonds. The Morgan fingerprint density at radius 2 is 2.15 bits per heavy atom. The molecule has 0 fully saturated rings. The molecular formula is C16H16ClN3. The van der Waals surface area contributed by atoms with Crippen molar-refractivity contribution in [2.75, 3.05) is 6.54 Å². The van der Waals surface area contributed by atoms with Crippen LogP contribution in [0.15, 0.2) is 48.8 Å². The number of rotatable bonds is 5. The number of pyridine rings is 1. The van der Waals surface area contributed by atoms with Gasteiger partial charge >= 0.3 is 0 Å². The number of nitrogens with zero attached hydrogens (tertiary/aromatic N) is 1. The van der Waals surface area contributed by atoms with Gasteiger partial charge in [0.15, 0.2) is 0 Å². The zero-order valence-corrected chi connectivity index (χ0v) is 11.8. The van der Waals surface area contributed by atoms with Crippen LogP contribution in [-0.4, -0.2) is 16.5 Å². The number of aromatic nitrogens is 2. The van der Waals surface area contributed by atoms with Crippen molar-refractivity contribution >= 4 is 22.5 Å². The summed E-state index contributed by atoms with van der Waals surface area (Å²) in [7, 11) is 0. The molecule has 3 aromatic rings. The molecule has 1 aromatic carbocycles. The van der Waals surface area contributed by atoms with Crippen LogP contribution in [0.4, 0.5) is 0 Å². The normalized spacial score (nSPS) is 11.1. The van der Waals surface area contributed by atoms with Crippen LogP contribution in [-0.2, 0) is 13.0 Å². The van der Waals surface area contributed by atoms with Crippen molar-refractivity contribution in [3.8, 4) is 0 Å². The molecule has 0 aliphatic heterocycles. The number of benzene rings is 1. The third-order valence-electron chi connectivity index (χ3n) is 3.33. The molecule has 0 saturated heterocycles. The minimum absolute atomic E-state index is 0.758. The minimum atomic E-state index is 0.758. The standard InChI is InChI=1S/C16H16ClN3/c17-13-4-5-15-12(11-20-16(15)9-13)10-18-8-6-14-3-1-2-7-19-14/h1-5,7,9,11,18,20H,6,8,10H2. The van der Waals surface area contributed by atoms with E-state index in [2.05, 4.69) is 27.4 Å². The SMILES string of the molecule is Clc1ccc2c(CNCCc3ccccn3)c[nH]c2c1. The Hall–Kier alpha value is -1.84. The fourth-order valence-corrected chi connectivity index (χ4v) is 2.46. The third-order valence-corrected chi connectivity index (χ3v) is 3.56. The van der Waals surface area contributed by atoms with E-state index in [0.717, 1.165) is 35.7 Å². The molecule has 2 heterocycles. The Kier molecular flexibility index (Phi) is 4.00. The first-order chi connectivity index (χ1) is 9.83. The molecule has 3 rings (SSSR count). The molecule has 20 heavy (non-hydrogen) atoms. The zero-order valence-electron chi connectivity index (χ0n) is 11.1. The van der Waals surface area contributed by atoms with E-state index >= 15 is 0 Å². The van der Waals surface area contributed by atoms with Gasteiger partial charge in [0, 0.05) is 53.5 Å². The maximum atomic E-state index is 5.98. The van der Waals surface area contributed by atoms with Crippen LogP contribution in [0.3, 0.4) is 0 Å². The van der Waals surface area contributed by atoms with Crippen LogP contribution in [0.1, 0.15) is 11.3 Å². The van der Waals surface area contributed by atoms with Crippen LogP contribution in [0.2, 0.25) is 5.02 Å². The van der Waals surface area contributed by atoms with Gasteiger partial charge in [0.25, 0.3) is 0 Å². The van der Waals surface area contributed by atoms with Crippen molar-refractivity contribution in [3.05, 3.63) is 65.1 Å². The van der Waals surface area contributed by atoms with Crippen molar-refractivity contribution < 1.29 is 0 Å². The Balaban J connectivity index is 1.58. The second kappa shape index (κ2) is 6.07. The molecule has 0 aliphatic carbocycles. The zero-order chi connectivity index (χ0) is 13.8. The lowest BCUT2D eigenvalue weighted by Crippen LogP contribution is -2.16. The fraction of sp³-hybridized carbons (Fsp3) is 0.188. The summed E-state index contributed by atoms with van der Waals surface area (Å²) in [6.07, 6.45) is 4.81. The lowest BCUT2D eigenvalue weighted by Gasteiger charge is -2.04. The third kappa shape index (κ3) is 3.00.